The number of aromatic nitrogens is 1. The lowest BCUT2D eigenvalue weighted by Gasteiger charge is -2.20. The second-order valence-electron chi connectivity index (χ2n) is 7.22. The Kier molecular flexibility index (Phi) is 6.43. The fourth-order valence-electron chi connectivity index (χ4n) is 3.83. The zero-order valence-corrected chi connectivity index (χ0v) is 17.8. The molecule has 0 saturated heterocycles. The van der Waals surface area contributed by atoms with Crippen molar-refractivity contribution in [3.8, 4) is 11.1 Å². The first kappa shape index (κ1) is 21.6. The maximum Gasteiger partial charge on any atom is 0.407 e. The molecule has 0 aliphatic heterocycles. The lowest BCUT2D eigenvalue weighted by molar-refractivity contribution is 0.0185. The van der Waals surface area contributed by atoms with Gasteiger partial charge in [-0.25, -0.2) is 9.78 Å². The number of nitrogens with one attached hydrogen (secondary N) is 1. The van der Waals surface area contributed by atoms with E-state index >= 15 is 0 Å². The van der Waals surface area contributed by atoms with Gasteiger partial charge >= 0.3 is 6.09 Å². The predicted octanol–water partition coefficient (Wildman–Crippen LogP) is 4.32. The van der Waals surface area contributed by atoms with Gasteiger partial charge in [0.05, 0.1) is 5.02 Å². The molecule has 0 spiro atoms. The molecule has 6 nitrogen and oxygen atoms in total. The Morgan fingerprint density at radius 2 is 1.65 bits per heavy atom. The molecule has 2 aromatic carbocycles. The van der Waals surface area contributed by atoms with Gasteiger partial charge in [-0.15, -0.1) is 0 Å². The smallest absolute Gasteiger partial charge is 0.407 e. The van der Waals surface area contributed by atoms with E-state index in [-0.39, 0.29) is 34.8 Å². The molecule has 3 aromatic rings. The lowest BCUT2D eigenvalue weighted by atomic mass is 9.98. The SMILES string of the molecule is O=C(NCC(O)C(O)c1c(Cl)ccnc1Cl)OCC1c2ccccc2-c2ccccc21. The average Bonchev–Trinajstić information content (AvgIpc) is 3.09. The number of aliphatic hydroxyl groups excluding tert-OH is 2. The largest absolute Gasteiger partial charge is 0.449 e. The highest BCUT2D eigenvalue weighted by Gasteiger charge is 2.29. The Morgan fingerprint density at radius 3 is 2.26 bits per heavy atom. The molecule has 0 saturated carbocycles. The van der Waals surface area contributed by atoms with Crippen molar-refractivity contribution in [2.24, 2.45) is 0 Å². The van der Waals surface area contributed by atoms with Crippen molar-refractivity contribution >= 4 is 29.3 Å². The van der Waals surface area contributed by atoms with Crippen molar-refractivity contribution in [3.05, 3.63) is 87.7 Å². The van der Waals surface area contributed by atoms with Crippen molar-refractivity contribution in [3.63, 3.8) is 0 Å². The summed E-state index contributed by atoms with van der Waals surface area (Å²) in [6.45, 7) is -0.0990. The summed E-state index contributed by atoms with van der Waals surface area (Å²) < 4.78 is 5.42. The van der Waals surface area contributed by atoms with Crippen LogP contribution in [-0.2, 0) is 4.74 Å². The van der Waals surface area contributed by atoms with Gasteiger partial charge in [-0.1, -0.05) is 71.7 Å². The number of alkyl carbamates (subject to hydrolysis) is 1. The Labute approximate surface area is 189 Å². The van der Waals surface area contributed by atoms with Crippen molar-refractivity contribution in [1.29, 1.82) is 0 Å². The maximum absolute atomic E-state index is 12.2. The minimum Gasteiger partial charge on any atom is -0.449 e. The third-order valence-electron chi connectivity index (χ3n) is 5.35. The number of carbonyl (C=O) groups excluding carboxylic acids is 1. The third kappa shape index (κ3) is 4.38. The number of amides is 1. The summed E-state index contributed by atoms with van der Waals surface area (Å²) in [5.74, 6) is -0.0679. The van der Waals surface area contributed by atoms with Crippen molar-refractivity contribution < 1.29 is 19.7 Å². The van der Waals surface area contributed by atoms with Gasteiger partial charge in [0, 0.05) is 24.2 Å². The number of fused-ring (bicyclic) bond motifs is 3. The van der Waals surface area contributed by atoms with E-state index < -0.39 is 18.3 Å². The third-order valence-corrected chi connectivity index (χ3v) is 5.98. The van der Waals surface area contributed by atoms with Crippen LogP contribution in [0.25, 0.3) is 11.1 Å². The molecule has 1 heterocycles. The summed E-state index contributed by atoms with van der Waals surface area (Å²) in [5, 5.41) is 23.2. The molecular formula is C23H20Cl2N2O4. The van der Waals surface area contributed by atoms with Gasteiger partial charge in [-0.3, -0.25) is 0 Å². The zero-order valence-electron chi connectivity index (χ0n) is 16.3. The molecule has 0 bridgehead atoms. The number of aliphatic hydroxyl groups is 2. The summed E-state index contributed by atoms with van der Waals surface area (Å²) in [6, 6.07) is 17.5. The van der Waals surface area contributed by atoms with Crippen LogP contribution in [-0.4, -0.2) is 40.5 Å². The quantitative estimate of drug-likeness (QED) is 0.478. The highest BCUT2D eigenvalue weighted by Crippen LogP contribution is 2.44. The van der Waals surface area contributed by atoms with E-state index in [1.165, 1.54) is 12.3 Å². The molecule has 2 unspecified atom stereocenters. The van der Waals surface area contributed by atoms with Crippen LogP contribution in [0.15, 0.2) is 60.8 Å². The van der Waals surface area contributed by atoms with Crippen LogP contribution in [0.4, 0.5) is 4.79 Å². The number of nitrogens with zero attached hydrogens (tertiary/aromatic N) is 1. The zero-order chi connectivity index (χ0) is 22.0. The fourth-order valence-corrected chi connectivity index (χ4v) is 4.41. The van der Waals surface area contributed by atoms with Crippen LogP contribution in [0.3, 0.4) is 0 Å². The topological polar surface area (TPSA) is 91.7 Å². The molecule has 1 aliphatic carbocycles. The van der Waals surface area contributed by atoms with Crippen molar-refractivity contribution in [2.45, 2.75) is 18.1 Å². The molecule has 1 amide bonds. The molecule has 1 aromatic heterocycles. The number of rotatable bonds is 6. The molecule has 8 heteroatoms. The van der Waals surface area contributed by atoms with E-state index in [1.54, 1.807) is 0 Å². The van der Waals surface area contributed by atoms with Gasteiger partial charge in [0.2, 0.25) is 0 Å². The Bertz CT molecular complexity index is 1040. The molecule has 0 radical (unpaired) electrons. The molecule has 31 heavy (non-hydrogen) atoms. The van der Waals surface area contributed by atoms with Crippen molar-refractivity contribution in [2.75, 3.05) is 13.2 Å². The molecule has 1 aliphatic rings. The van der Waals surface area contributed by atoms with Crippen LogP contribution in [0.2, 0.25) is 10.2 Å². The van der Waals surface area contributed by atoms with Gasteiger partial charge in [0.1, 0.15) is 24.0 Å². The van der Waals surface area contributed by atoms with E-state index in [0.29, 0.717) is 0 Å². The number of pyridine rings is 1. The molecule has 3 N–H and O–H groups in total. The minimum atomic E-state index is -1.41. The summed E-state index contributed by atoms with van der Waals surface area (Å²) in [7, 11) is 0. The summed E-state index contributed by atoms with van der Waals surface area (Å²) in [4.78, 5) is 16.1. The molecular weight excluding hydrogens is 439 g/mol. The van der Waals surface area contributed by atoms with Crippen LogP contribution < -0.4 is 5.32 Å². The minimum absolute atomic E-state index is 0.0137. The number of benzene rings is 2. The van der Waals surface area contributed by atoms with E-state index in [2.05, 4.69) is 22.4 Å². The monoisotopic (exact) mass is 458 g/mol. The van der Waals surface area contributed by atoms with E-state index in [9.17, 15) is 15.0 Å². The van der Waals surface area contributed by atoms with Gasteiger partial charge in [0.25, 0.3) is 0 Å². The van der Waals surface area contributed by atoms with Gasteiger partial charge in [-0.2, -0.15) is 0 Å². The molecule has 160 valence electrons. The maximum atomic E-state index is 12.2. The van der Waals surface area contributed by atoms with E-state index in [1.807, 2.05) is 36.4 Å². The van der Waals surface area contributed by atoms with Crippen molar-refractivity contribution in [1.82, 2.24) is 10.3 Å². The van der Waals surface area contributed by atoms with Crippen LogP contribution in [0, 0.1) is 0 Å². The highest BCUT2D eigenvalue weighted by molar-refractivity contribution is 6.35. The van der Waals surface area contributed by atoms with E-state index in [0.717, 1.165) is 22.3 Å². The van der Waals surface area contributed by atoms with Crippen LogP contribution in [0.1, 0.15) is 28.7 Å². The number of carbonyl (C=O) groups is 1. The molecule has 2 atom stereocenters. The van der Waals surface area contributed by atoms with Gasteiger partial charge in [-0.05, 0) is 28.3 Å². The van der Waals surface area contributed by atoms with Crippen LogP contribution >= 0.6 is 23.2 Å². The number of hydrogen-bond acceptors (Lipinski definition) is 5. The number of ether oxygens (including phenoxy) is 1. The first-order valence-corrected chi connectivity index (χ1v) is 10.5. The number of hydrogen-bond donors (Lipinski definition) is 3. The predicted molar refractivity (Wildman–Crippen MR) is 118 cm³/mol. The Morgan fingerprint density at radius 1 is 1.03 bits per heavy atom. The number of halogens is 2. The normalized spacial score (nSPS) is 14.5. The standard InChI is InChI=1S/C23H20Cl2N2O4/c24-18-9-10-26-22(25)20(18)21(29)19(28)11-27-23(30)31-12-17-15-7-3-1-5-13(15)14-6-2-4-8-16(14)17/h1-10,17,19,21,28-29H,11-12H2,(H,27,30). The highest BCUT2D eigenvalue weighted by atomic mass is 35.5. The fraction of sp³-hybridized carbons (Fsp3) is 0.217. The van der Waals surface area contributed by atoms with Gasteiger partial charge < -0.3 is 20.3 Å². The van der Waals surface area contributed by atoms with Crippen LogP contribution in [0.5, 0.6) is 0 Å². The first-order chi connectivity index (χ1) is 15.0. The van der Waals surface area contributed by atoms with Gasteiger partial charge in [0.15, 0.2) is 0 Å². The second-order valence-corrected chi connectivity index (χ2v) is 7.98. The second kappa shape index (κ2) is 9.24. The first-order valence-electron chi connectivity index (χ1n) is 9.72. The summed E-state index contributed by atoms with van der Waals surface area (Å²) >= 11 is 12.0. The molecule has 4 rings (SSSR count). The summed E-state index contributed by atoms with van der Waals surface area (Å²) in [6.07, 6.45) is -2.07. The lowest BCUT2D eigenvalue weighted by Crippen LogP contribution is -2.36. The average molecular weight is 459 g/mol. The summed E-state index contributed by atoms with van der Waals surface area (Å²) in [5.41, 5.74) is 4.58. The molecule has 0 fully saturated rings. The Hall–Kier alpha value is -2.64. The van der Waals surface area contributed by atoms with E-state index in [4.69, 9.17) is 27.9 Å². The Balaban J connectivity index is 1.36.